The summed E-state index contributed by atoms with van der Waals surface area (Å²) in [6.45, 7) is 4.75. The third kappa shape index (κ3) is 3.95. The molecule has 1 unspecified atom stereocenters. The third-order valence-corrected chi connectivity index (χ3v) is 4.49. The molecule has 0 spiro atoms. The van der Waals surface area contributed by atoms with Gasteiger partial charge in [0.25, 0.3) is 0 Å². The summed E-state index contributed by atoms with van der Waals surface area (Å²) < 4.78 is 1.33. The SMILES string of the molecule is CCC1CCCCCN1Cc1ccc(I)cc1. The molecule has 0 N–H and O–H groups in total. The fourth-order valence-corrected chi connectivity index (χ4v) is 3.09. The van der Waals surface area contributed by atoms with Crippen LogP contribution in [0.15, 0.2) is 24.3 Å². The summed E-state index contributed by atoms with van der Waals surface area (Å²) in [6, 6.07) is 9.79. The molecule has 0 bridgehead atoms. The number of benzene rings is 1. The van der Waals surface area contributed by atoms with Crippen molar-refractivity contribution in [3.05, 3.63) is 33.4 Å². The summed E-state index contributed by atoms with van der Waals surface area (Å²) in [6.07, 6.45) is 6.90. The molecule has 17 heavy (non-hydrogen) atoms. The highest BCUT2D eigenvalue weighted by atomic mass is 127. The van der Waals surface area contributed by atoms with Crippen LogP contribution in [0.1, 0.15) is 44.6 Å². The average molecular weight is 343 g/mol. The lowest BCUT2D eigenvalue weighted by molar-refractivity contribution is 0.186. The van der Waals surface area contributed by atoms with Crippen LogP contribution in [0.4, 0.5) is 0 Å². The van der Waals surface area contributed by atoms with E-state index >= 15 is 0 Å². The van der Waals surface area contributed by atoms with Crippen molar-refractivity contribution in [1.82, 2.24) is 4.90 Å². The molecule has 0 radical (unpaired) electrons. The maximum Gasteiger partial charge on any atom is 0.0236 e. The first-order valence-electron chi connectivity index (χ1n) is 6.78. The van der Waals surface area contributed by atoms with E-state index in [2.05, 4.69) is 58.7 Å². The molecule has 1 heterocycles. The largest absolute Gasteiger partial charge is 0.296 e. The summed E-state index contributed by atoms with van der Waals surface area (Å²) in [5.74, 6) is 0. The minimum absolute atomic E-state index is 0.803. The number of halogens is 1. The highest BCUT2D eigenvalue weighted by Crippen LogP contribution is 2.21. The Morgan fingerprint density at radius 1 is 1.18 bits per heavy atom. The minimum atomic E-state index is 0.803. The lowest BCUT2D eigenvalue weighted by atomic mass is 10.1. The van der Waals surface area contributed by atoms with E-state index in [1.807, 2.05) is 0 Å². The zero-order chi connectivity index (χ0) is 12.1. The molecule has 1 nitrogen and oxygen atoms in total. The Balaban J connectivity index is 2.01. The molecule has 1 fully saturated rings. The van der Waals surface area contributed by atoms with Crippen molar-refractivity contribution in [3.63, 3.8) is 0 Å². The van der Waals surface area contributed by atoms with E-state index < -0.39 is 0 Å². The van der Waals surface area contributed by atoms with Crippen molar-refractivity contribution in [2.24, 2.45) is 0 Å². The smallest absolute Gasteiger partial charge is 0.0236 e. The average Bonchev–Trinajstić information content (AvgIpc) is 2.57. The number of hydrogen-bond donors (Lipinski definition) is 0. The van der Waals surface area contributed by atoms with Crippen LogP contribution < -0.4 is 0 Å². The summed E-state index contributed by atoms with van der Waals surface area (Å²) in [7, 11) is 0. The maximum atomic E-state index is 2.69. The predicted molar refractivity (Wildman–Crippen MR) is 82.1 cm³/mol. The van der Waals surface area contributed by atoms with E-state index in [1.165, 1.54) is 47.8 Å². The Hall–Kier alpha value is -0.0900. The van der Waals surface area contributed by atoms with Crippen molar-refractivity contribution in [2.75, 3.05) is 6.54 Å². The van der Waals surface area contributed by atoms with Gasteiger partial charge in [0.1, 0.15) is 0 Å². The molecular formula is C15H22IN. The first-order chi connectivity index (χ1) is 8.29. The van der Waals surface area contributed by atoms with Gasteiger partial charge in [-0.2, -0.15) is 0 Å². The monoisotopic (exact) mass is 343 g/mol. The Morgan fingerprint density at radius 2 is 1.94 bits per heavy atom. The van der Waals surface area contributed by atoms with E-state index in [9.17, 15) is 0 Å². The fraction of sp³-hybridized carbons (Fsp3) is 0.600. The topological polar surface area (TPSA) is 3.24 Å². The van der Waals surface area contributed by atoms with Crippen molar-refractivity contribution < 1.29 is 0 Å². The van der Waals surface area contributed by atoms with Gasteiger partial charge in [-0.1, -0.05) is 31.9 Å². The molecule has 1 aromatic carbocycles. The maximum absolute atomic E-state index is 2.69. The van der Waals surface area contributed by atoms with E-state index in [-0.39, 0.29) is 0 Å². The van der Waals surface area contributed by atoms with Gasteiger partial charge in [-0.25, -0.2) is 0 Å². The van der Waals surface area contributed by atoms with Crippen molar-refractivity contribution in [1.29, 1.82) is 0 Å². The van der Waals surface area contributed by atoms with Gasteiger partial charge in [0.05, 0.1) is 0 Å². The summed E-state index contributed by atoms with van der Waals surface area (Å²) in [5.41, 5.74) is 1.46. The Labute approximate surface area is 119 Å². The van der Waals surface area contributed by atoms with E-state index in [0.717, 1.165) is 12.6 Å². The molecule has 1 aliphatic heterocycles. The summed E-state index contributed by atoms with van der Waals surface area (Å²) in [5, 5.41) is 0. The lowest BCUT2D eigenvalue weighted by Crippen LogP contribution is -2.33. The van der Waals surface area contributed by atoms with Gasteiger partial charge >= 0.3 is 0 Å². The van der Waals surface area contributed by atoms with Gasteiger partial charge in [-0.3, -0.25) is 4.90 Å². The second-order valence-corrected chi connectivity index (χ2v) is 6.25. The van der Waals surface area contributed by atoms with Gasteiger partial charge in [0, 0.05) is 16.2 Å². The van der Waals surface area contributed by atoms with Crippen LogP contribution in [0.25, 0.3) is 0 Å². The van der Waals surface area contributed by atoms with Crippen LogP contribution in [0.2, 0.25) is 0 Å². The standard InChI is InChI=1S/C15H22IN/c1-2-15-6-4-3-5-11-17(15)12-13-7-9-14(16)10-8-13/h7-10,15H,2-6,11-12H2,1H3. The Kier molecular flexibility index (Phi) is 5.29. The fourth-order valence-electron chi connectivity index (χ4n) is 2.73. The highest BCUT2D eigenvalue weighted by molar-refractivity contribution is 14.1. The zero-order valence-electron chi connectivity index (χ0n) is 10.7. The summed E-state index contributed by atoms with van der Waals surface area (Å²) >= 11 is 2.37. The number of hydrogen-bond acceptors (Lipinski definition) is 1. The molecule has 1 atom stereocenters. The van der Waals surface area contributed by atoms with Gasteiger partial charge in [-0.15, -0.1) is 0 Å². The van der Waals surface area contributed by atoms with Crippen LogP contribution in [-0.2, 0) is 6.54 Å². The van der Waals surface area contributed by atoms with Gasteiger partial charge in [-0.05, 0) is 66.1 Å². The molecule has 1 saturated heterocycles. The quantitative estimate of drug-likeness (QED) is 0.733. The minimum Gasteiger partial charge on any atom is -0.296 e. The van der Waals surface area contributed by atoms with E-state index in [0.29, 0.717) is 0 Å². The van der Waals surface area contributed by atoms with Crippen LogP contribution in [0.3, 0.4) is 0 Å². The molecule has 2 heteroatoms. The van der Waals surface area contributed by atoms with Crippen molar-refractivity contribution in [2.45, 2.75) is 51.6 Å². The number of likely N-dealkylation sites (tertiary alicyclic amines) is 1. The van der Waals surface area contributed by atoms with Gasteiger partial charge < -0.3 is 0 Å². The summed E-state index contributed by atoms with van der Waals surface area (Å²) in [4.78, 5) is 2.69. The molecule has 0 amide bonds. The molecule has 0 saturated carbocycles. The van der Waals surface area contributed by atoms with E-state index in [4.69, 9.17) is 0 Å². The van der Waals surface area contributed by atoms with Gasteiger partial charge in [0.2, 0.25) is 0 Å². The second kappa shape index (κ2) is 6.74. The first-order valence-corrected chi connectivity index (χ1v) is 7.86. The number of rotatable bonds is 3. The van der Waals surface area contributed by atoms with Crippen LogP contribution in [0.5, 0.6) is 0 Å². The molecular weight excluding hydrogens is 321 g/mol. The molecule has 1 aromatic rings. The molecule has 0 aromatic heterocycles. The Morgan fingerprint density at radius 3 is 2.65 bits per heavy atom. The molecule has 94 valence electrons. The van der Waals surface area contributed by atoms with Crippen molar-refractivity contribution >= 4 is 22.6 Å². The predicted octanol–water partition coefficient (Wildman–Crippen LogP) is 4.45. The zero-order valence-corrected chi connectivity index (χ0v) is 12.8. The van der Waals surface area contributed by atoms with Crippen LogP contribution >= 0.6 is 22.6 Å². The first kappa shape index (κ1) is 13.3. The molecule has 0 aliphatic carbocycles. The van der Waals surface area contributed by atoms with E-state index in [1.54, 1.807) is 0 Å². The van der Waals surface area contributed by atoms with Crippen LogP contribution in [-0.4, -0.2) is 17.5 Å². The van der Waals surface area contributed by atoms with Crippen molar-refractivity contribution in [3.8, 4) is 0 Å². The second-order valence-electron chi connectivity index (χ2n) is 5.01. The molecule has 1 aliphatic rings. The lowest BCUT2D eigenvalue weighted by Gasteiger charge is -2.29. The number of nitrogens with zero attached hydrogens (tertiary/aromatic N) is 1. The Bertz CT molecular complexity index is 333. The normalized spacial score (nSPS) is 22.4. The third-order valence-electron chi connectivity index (χ3n) is 3.77. The highest BCUT2D eigenvalue weighted by Gasteiger charge is 2.19. The molecule has 2 rings (SSSR count). The van der Waals surface area contributed by atoms with Crippen LogP contribution in [0, 0.1) is 3.57 Å². The van der Waals surface area contributed by atoms with Gasteiger partial charge in [0.15, 0.2) is 0 Å².